The van der Waals surface area contributed by atoms with Crippen molar-refractivity contribution in [3.63, 3.8) is 0 Å². The number of halogens is 2. The molecular formula is C13H14Cl2O2P-. The van der Waals surface area contributed by atoms with E-state index in [0.717, 1.165) is 21.0 Å². The van der Waals surface area contributed by atoms with Crippen molar-refractivity contribution in [3.8, 4) is 5.75 Å². The van der Waals surface area contributed by atoms with Crippen molar-refractivity contribution in [1.29, 1.82) is 0 Å². The third-order valence-corrected chi connectivity index (χ3v) is 5.05. The van der Waals surface area contributed by atoms with E-state index >= 15 is 0 Å². The van der Waals surface area contributed by atoms with Gasteiger partial charge in [-0.05, 0) is 30.6 Å². The predicted molar refractivity (Wildman–Crippen MR) is 76.3 cm³/mol. The van der Waals surface area contributed by atoms with Gasteiger partial charge >= 0.3 is 0 Å². The molecule has 0 saturated heterocycles. The van der Waals surface area contributed by atoms with E-state index in [9.17, 15) is 5.11 Å². The van der Waals surface area contributed by atoms with Crippen LogP contribution in [0.5, 0.6) is 5.75 Å². The van der Waals surface area contributed by atoms with Gasteiger partial charge in [0, 0.05) is 5.56 Å². The van der Waals surface area contributed by atoms with Gasteiger partial charge < -0.3 is 9.84 Å². The van der Waals surface area contributed by atoms with Gasteiger partial charge in [-0.25, -0.2) is 0 Å². The first-order valence-electron chi connectivity index (χ1n) is 5.90. The quantitative estimate of drug-likeness (QED) is 0.797. The molecule has 1 aromatic carbocycles. The van der Waals surface area contributed by atoms with Crippen LogP contribution in [0, 0.1) is 0 Å². The highest BCUT2D eigenvalue weighted by atomic mass is 35.5. The van der Waals surface area contributed by atoms with Crippen LogP contribution in [0.4, 0.5) is 0 Å². The van der Waals surface area contributed by atoms with Gasteiger partial charge in [-0.1, -0.05) is 36.0 Å². The van der Waals surface area contributed by atoms with Crippen molar-refractivity contribution in [2.75, 3.05) is 7.11 Å². The third kappa shape index (κ3) is 3.00. The van der Waals surface area contributed by atoms with Crippen LogP contribution < -0.4 is 9.84 Å². The summed E-state index contributed by atoms with van der Waals surface area (Å²) in [6, 6.07) is 3.29. The van der Waals surface area contributed by atoms with E-state index in [4.69, 9.17) is 27.9 Å². The number of ether oxygens (including phenoxy) is 1. The smallest absolute Gasteiger partial charge is 0.145 e. The standard InChI is InChI=1S/C13H15Cl2O2P/c1-17-12-10(15)7-6-9(14)11(12)13(16)18-8-4-2-3-5-8/h6-8,16H,2-5H2,1H3/p-1. The molecule has 5 heteroatoms. The van der Waals surface area contributed by atoms with Gasteiger partial charge in [-0.3, -0.25) is 0 Å². The molecule has 1 aliphatic carbocycles. The van der Waals surface area contributed by atoms with E-state index in [2.05, 4.69) is 0 Å². The van der Waals surface area contributed by atoms with Gasteiger partial charge in [0.1, 0.15) is 5.75 Å². The molecule has 98 valence electrons. The van der Waals surface area contributed by atoms with Crippen molar-refractivity contribution in [1.82, 2.24) is 0 Å². The number of hydrogen-bond acceptors (Lipinski definition) is 2. The minimum absolute atomic E-state index is 0.00579. The van der Waals surface area contributed by atoms with Gasteiger partial charge in [0.05, 0.1) is 17.2 Å². The summed E-state index contributed by atoms with van der Waals surface area (Å²) >= 11 is 12.1. The lowest BCUT2D eigenvalue weighted by atomic mass is 10.2. The van der Waals surface area contributed by atoms with Gasteiger partial charge in [0.2, 0.25) is 0 Å². The molecule has 2 nitrogen and oxygen atoms in total. The molecule has 1 aromatic rings. The lowest BCUT2D eigenvalue weighted by Crippen LogP contribution is -2.19. The molecule has 0 aliphatic heterocycles. The Morgan fingerprint density at radius 1 is 1.28 bits per heavy atom. The Labute approximate surface area is 119 Å². The second kappa shape index (κ2) is 6.25. The average molecular weight is 304 g/mol. The van der Waals surface area contributed by atoms with E-state index in [-0.39, 0.29) is 5.48 Å². The molecule has 0 radical (unpaired) electrons. The molecule has 0 bridgehead atoms. The summed E-state index contributed by atoms with van der Waals surface area (Å²) < 4.78 is 5.20. The summed E-state index contributed by atoms with van der Waals surface area (Å²) in [5, 5.41) is 13.2. The van der Waals surface area contributed by atoms with Crippen molar-refractivity contribution < 1.29 is 9.84 Å². The number of benzene rings is 1. The Morgan fingerprint density at radius 3 is 2.50 bits per heavy atom. The van der Waals surface area contributed by atoms with Crippen LogP contribution in [0.1, 0.15) is 31.2 Å². The second-order valence-corrected chi connectivity index (χ2v) is 6.52. The summed E-state index contributed by atoms with van der Waals surface area (Å²) in [6.45, 7) is 0. The summed E-state index contributed by atoms with van der Waals surface area (Å²) in [6.07, 6.45) is 4.66. The topological polar surface area (TPSA) is 32.3 Å². The summed E-state index contributed by atoms with van der Waals surface area (Å²) in [5.74, 6) is 0.389. The summed E-state index contributed by atoms with van der Waals surface area (Å²) in [7, 11) is 2.31. The van der Waals surface area contributed by atoms with Crippen LogP contribution in [-0.4, -0.2) is 18.2 Å². The SMILES string of the molecule is COc1c(Cl)ccc(Cl)c1C([O-])=PC1CCCC1. The van der Waals surface area contributed by atoms with Crippen molar-refractivity contribution in [2.24, 2.45) is 0 Å². The molecule has 0 amide bonds. The van der Waals surface area contributed by atoms with E-state index < -0.39 is 0 Å². The maximum atomic E-state index is 12.3. The molecule has 18 heavy (non-hydrogen) atoms. The van der Waals surface area contributed by atoms with Gasteiger partial charge in [-0.2, -0.15) is 0 Å². The Bertz CT molecular complexity index is 468. The molecule has 0 unspecified atom stereocenters. The molecule has 1 aliphatic rings. The van der Waals surface area contributed by atoms with Crippen molar-refractivity contribution >= 4 is 36.9 Å². The molecule has 0 spiro atoms. The van der Waals surface area contributed by atoms with Gasteiger partial charge in [-0.15, -0.1) is 13.7 Å². The highest BCUT2D eigenvalue weighted by molar-refractivity contribution is 7.41. The minimum Gasteiger partial charge on any atom is -0.823 e. The molecular weight excluding hydrogens is 290 g/mol. The fourth-order valence-corrected chi connectivity index (χ4v) is 4.04. The first-order valence-corrected chi connectivity index (χ1v) is 7.62. The third-order valence-electron chi connectivity index (χ3n) is 3.10. The summed E-state index contributed by atoms with van der Waals surface area (Å²) in [4.78, 5) is 0. The normalized spacial score (nSPS) is 17.2. The fraction of sp³-hybridized carbons (Fsp3) is 0.462. The van der Waals surface area contributed by atoms with Crippen LogP contribution in [0.15, 0.2) is 12.1 Å². The van der Waals surface area contributed by atoms with Crippen LogP contribution in [0.2, 0.25) is 10.0 Å². The monoisotopic (exact) mass is 303 g/mol. The Kier molecular flexibility index (Phi) is 4.91. The first-order chi connectivity index (χ1) is 8.63. The highest BCUT2D eigenvalue weighted by Gasteiger charge is 2.15. The zero-order valence-electron chi connectivity index (χ0n) is 10.1. The number of hydrogen-bond donors (Lipinski definition) is 0. The van der Waals surface area contributed by atoms with Gasteiger partial charge in [0.15, 0.2) is 0 Å². The second-order valence-electron chi connectivity index (χ2n) is 4.31. The van der Waals surface area contributed by atoms with Crippen LogP contribution in [0.3, 0.4) is 0 Å². The molecule has 0 aromatic heterocycles. The van der Waals surface area contributed by atoms with Crippen LogP contribution in [-0.2, 0) is 0 Å². The predicted octanol–water partition coefficient (Wildman–Crippen LogP) is 3.73. The molecule has 0 atom stereocenters. The van der Waals surface area contributed by atoms with Crippen molar-refractivity contribution in [3.05, 3.63) is 27.7 Å². The largest absolute Gasteiger partial charge is 0.823 e. The maximum Gasteiger partial charge on any atom is 0.145 e. The average Bonchev–Trinajstić information content (AvgIpc) is 2.84. The Balaban J connectivity index is 2.39. The van der Waals surface area contributed by atoms with Crippen molar-refractivity contribution in [2.45, 2.75) is 31.3 Å². The van der Waals surface area contributed by atoms with Gasteiger partial charge in [0.25, 0.3) is 0 Å². The molecule has 0 N–H and O–H groups in total. The van der Waals surface area contributed by atoms with E-state index in [1.807, 2.05) is 0 Å². The zero-order chi connectivity index (χ0) is 13.1. The van der Waals surface area contributed by atoms with E-state index in [1.54, 1.807) is 12.1 Å². The number of rotatable bonds is 3. The lowest BCUT2D eigenvalue weighted by molar-refractivity contribution is -0.207. The molecule has 2 rings (SSSR count). The van der Waals surface area contributed by atoms with E-state index in [0.29, 0.717) is 27.0 Å². The lowest BCUT2D eigenvalue weighted by Gasteiger charge is -2.20. The minimum atomic E-state index is 0.00579. The number of methoxy groups -OCH3 is 1. The Morgan fingerprint density at radius 2 is 1.89 bits per heavy atom. The Hall–Kier alpha value is -0.270. The molecule has 1 fully saturated rings. The zero-order valence-corrected chi connectivity index (χ0v) is 12.5. The molecule has 0 heterocycles. The van der Waals surface area contributed by atoms with E-state index in [1.165, 1.54) is 20.0 Å². The van der Waals surface area contributed by atoms with Crippen LogP contribution in [0.25, 0.3) is 0 Å². The maximum absolute atomic E-state index is 12.3. The summed E-state index contributed by atoms with van der Waals surface area (Å²) in [5.41, 5.74) is 0.878. The molecule has 1 saturated carbocycles. The first kappa shape index (κ1) is 14.1. The van der Waals surface area contributed by atoms with Crippen LogP contribution >= 0.6 is 31.4 Å². The fourth-order valence-electron chi connectivity index (χ4n) is 2.20. The highest BCUT2D eigenvalue weighted by Crippen LogP contribution is 2.37.